The number of pyridine rings is 1. The molecule has 8 nitrogen and oxygen atoms in total. The van der Waals surface area contributed by atoms with Gasteiger partial charge in [0.1, 0.15) is 11.2 Å². The molecule has 6 rings (SSSR count). The van der Waals surface area contributed by atoms with E-state index in [0.717, 1.165) is 53.0 Å². The SMILES string of the molecule is COC(OC)c1ccc(C(=O)Nc2cccc(-c3cccc(-c4nc5cc(CN6CCCCC6)cc(Cl)c5o4)c3C)c2Cl)nc1. The molecule has 3 heterocycles. The van der Waals surface area contributed by atoms with Gasteiger partial charge in [0.05, 0.1) is 15.7 Å². The average Bonchev–Trinajstić information content (AvgIpc) is 3.48. The van der Waals surface area contributed by atoms with Crippen molar-refractivity contribution < 1.29 is 18.7 Å². The molecule has 232 valence electrons. The third kappa shape index (κ3) is 6.61. The smallest absolute Gasteiger partial charge is 0.274 e. The van der Waals surface area contributed by atoms with Crippen molar-refractivity contribution in [2.75, 3.05) is 32.6 Å². The van der Waals surface area contributed by atoms with Gasteiger partial charge < -0.3 is 19.2 Å². The van der Waals surface area contributed by atoms with Gasteiger partial charge in [-0.05, 0) is 79.9 Å². The number of fused-ring (bicyclic) bond motifs is 1. The van der Waals surface area contributed by atoms with Gasteiger partial charge in [0, 0.05) is 43.7 Å². The van der Waals surface area contributed by atoms with Crippen molar-refractivity contribution in [3.05, 3.63) is 99.3 Å². The molecule has 2 aromatic heterocycles. The van der Waals surface area contributed by atoms with Crippen LogP contribution in [0.25, 0.3) is 33.7 Å². The second kappa shape index (κ2) is 13.7. The lowest BCUT2D eigenvalue weighted by atomic mass is 9.96. The van der Waals surface area contributed by atoms with E-state index < -0.39 is 6.29 Å². The number of carbonyl (C=O) groups excluding carboxylic acids is 1. The minimum Gasteiger partial charge on any atom is -0.434 e. The molecule has 1 aliphatic rings. The highest BCUT2D eigenvalue weighted by molar-refractivity contribution is 6.36. The number of likely N-dealkylation sites (tertiary alicyclic amines) is 1. The molecule has 0 unspecified atom stereocenters. The fraction of sp³-hybridized carbons (Fsp3) is 0.286. The van der Waals surface area contributed by atoms with Gasteiger partial charge >= 0.3 is 0 Å². The molecule has 0 atom stereocenters. The fourth-order valence-electron chi connectivity index (χ4n) is 5.86. The van der Waals surface area contributed by atoms with E-state index in [-0.39, 0.29) is 11.6 Å². The highest BCUT2D eigenvalue weighted by Crippen LogP contribution is 2.39. The van der Waals surface area contributed by atoms with Crippen molar-refractivity contribution in [1.29, 1.82) is 0 Å². The van der Waals surface area contributed by atoms with E-state index in [0.29, 0.717) is 32.8 Å². The Morgan fingerprint density at radius 3 is 2.44 bits per heavy atom. The second-order valence-electron chi connectivity index (χ2n) is 11.2. The third-order valence-corrected chi connectivity index (χ3v) is 8.87. The summed E-state index contributed by atoms with van der Waals surface area (Å²) < 4.78 is 16.7. The number of nitrogens with zero attached hydrogens (tertiary/aromatic N) is 3. The van der Waals surface area contributed by atoms with Crippen LogP contribution >= 0.6 is 23.2 Å². The fourth-order valence-corrected chi connectivity index (χ4v) is 6.41. The van der Waals surface area contributed by atoms with Gasteiger partial charge in [-0.15, -0.1) is 0 Å². The Balaban J connectivity index is 1.26. The maximum atomic E-state index is 13.1. The third-order valence-electron chi connectivity index (χ3n) is 8.18. The quantitative estimate of drug-likeness (QED) is 0.160. The molecule has 0 spiro atoms. The first-order valence-corrected chi connectivity index (χ1v) is 15.6. The van der Waals surface area contributed by atoms with E-state index in [2.05, 4.69) is 21.3 Å². The van der Waals surface area contributed by atoms with Crippen LogP contribution in [0.4, 0.5) is 5.69 Å². The van der Waals surface area contributed by atoms with Crippen molar-refractivity contribution in [1.82, 2.24) is 14.9 Å². The molecule has 0 radical (unpaired) electrons. The molecular weight excluding hydrogens is 611 g/mol. The summed E-state index contributed by atoms with van der Waals surface area (Å²) in [5, 5.41) is 3.86. The molecule has 1 fully saturated rings. The summed E-state index contributed by atoms with van der Waals surface area (Å²) in [5.41, 5.74) is 7.26. The van der Waals surface area contributed by atoms with E-state index in [1.807, 2.05) is 43.3 Å². The number of amides is 1. The number of carbonyl (C=O) groups is 1. The highest BCUT2D eigenvalue weighted by atomic mass is 35.5. The van der Waals surface area contributed by atoms with Gasteiger partial charge in [0.15, 0.2) is 11.9 Å². The number of anilines is 1. The summed E-state index contributed by atoms with van der Waals surface area (Å²) in [4.78, 5) is 24.6. The molecular formula is C35H34Cl2N4O4. The van der Waals surface area contributed by atoms with E-state index in [4.69, 9.17) is 42.1 Å². The predicted molar refractivity (Wildman–Crippen MR) is 178 cm³/mol. The number of methoxy groups -OCH3 is 2. The van der Waals surface area contributed by atoms with E-state index in [9.17, 15) is 4.79 Å². The first kappa shape index (κ1) is 31.2. The van der Waals surface area contributed by atoms with Crippen LogP contribution in [0, 0.1) is 6.92 Å². The number of ether oxygens (including phenoxy) is 2. The lowest BCUT2D eigenvalue weighted by molar-refractivity contribution is -0.106. The predicted octanol–water partition coefficient (Wildman–Crippen LogP) is 8.70. The van der Waals surface area contributed by atoms with Crippen molar-refractivity contribution in [2.45, 2.75) is 39.0 Å². The maximum absolute atomic E-state index is 13.1. The van der Waals surface area contributed by atoms with Crippen LogP contribution in [0.1, 0.15) is 52.7 Å². The van der Waals surface area contributed by atoms with Crippen LogP contribution in [0.2, 0.25) is 10.0 Å². The molecule has 0 bridgehead atoms. The van der Waals surface area contributed by atoms with E-state index >= 15 is 0 Å². The Morgan fingerprint density at radius 1 is 0.978 bits per heavy atom. The number of aromatic nitrogens is 2. The van der Waals surface area contributed by atoms with Crippen molar-refractivity contribution in [3.63, 3.8) is 0 Å². The Kier molecular flexibility index (Phi) is 9.49. The van der Waals surface area contributed by atoms with Gasteiger partial charge in [-0.3, -0.25) is 14.7 Å². The van der Waals surface area contributed by atoms with Gasteiger partial charge in [0.25, 0.3) is 5.91 Å². The number of oxazole rings is 1. The number of hydrogen-bond donors (Lipinski definition) is 1. The van der Waals surface area contributed by atoms with E-state index in [1.54, 1.807) is 24.4 Å². The van der Waals surface area contributed by atoms with Gasteiger partial charge in [-0.1, -0.05) is 60.0 Å². The average molecular weight is 646 g/mol. The van der Waals surface area contributed by atoms with Crippen LogP contribution in [0.3, 0.4) is 0 Å². The lowest BCUT2D eigenvalue weighted by Gasteiger charge is -2.26. The van der Waals surface area contributed by atoms with Crippen molar-refractivity contribution >= 4 is 45.9 Å². The van der Waals surface area contributed by atoms with Gasteiger partial charge in [-0.25, -0.2) is 4.98 Å². The monoisotopic (exact) mass is 644 g/mol. The van der Waals surface area contributed by atoms with Crippen LogP contribution in [0.5, 0.6) is 0 Å². The Hall–Kier alpha value is -3.79. The number of piperidine rings is 1. The molecule has 3 aromatic carbocycles. The van der Waals surface area contributed by atoms with Gasteiger partial charge in [-0.2, -0.15) is 0 Å². The summed E-state index contributed by atoms with van der Waals surface area (Å²) in [5.74, 6) is 0.0983. The summed E-state index contributed by atoms with van der Waals surface area (Å²) in [6, 6.07) is 18.8. The van der Waals surface area contributed by atoms with E-state index in [1.165, 1.54) is 33.5 Å². The molecule has 1 amide bonds. The first-order valence-electron chi connectivity index (χ1n) is 14.9. The molecule has 5 aromatic rings. The second-order valence-corrected chi connectivity index (χ2v) is 11.9. The summed E-state index contributed by atoms with van der Waals surface area (Å²) in [6.45, 7) is 5.06. The molecule has 1 aliphatic heterocycles. The zero-order chi connectivity index (χ0) is 31.5. The summed E-state index contributed by atoms with van der Waals surface area (Å²) in [7, 11) is 3.08. The summed E-state index contributed by atoms with van der Waals surface area (Å²) >= 11 is 13.6. The maximum Gasteiger partial charge on any atom is 0.274 e. The number of rotatable bonds is 9. The number of nitrogens with one attached hydrogen (secondary N) is 1. The van der Waals surface area contributed by atoms with Crippen LogP contribution in [0.15, 0.2) is 71.3 Å². The van der Waals surface area contributed by atoms with Crippen LogP contribution in [-0.4, -0.2) is 48.1 Å². The minimum atomic E-state index is -0.562. The Labute approximate surface area is 272 Å². The largest absolute Gasteiger partial charge is 0.434 e. The highest BCUT2D eigenvalue weighted by Gasteiger charge is 2.20. The lowest BCUT2D eigenvalue weighted by Crippen LogP contribution is -2.29. The van der Waals surface area contributed by atoms with Crippen molar-refractivity contribution in [3.8, 4) is 22.6 Å². The molecule has 10 heteroatoms. The van der Waals surface area contributed by atoms with Crippen LogP contribution in [-0.2, 0) is 16.0 Å². The number of hydrogen-bond acceptors (Lipinski definition) is 7. The van der Waals surface area contributed by atoms with Gasteiger partial charge in [0.2, 0.25) is 5.89 Å². The topological polar surface area (TPSA) is 89.7 Å². The number of benzene rings is 3. The molecule has 0 aliphatic carbocycles. The van der Waals surface area contributed by atoms with Crippen LogP contribution < -0.4 is 5.32 Å². The minimum absolute atomic E-state index is 0.234. The molecule has 1 saturated heterocycles. The molecule has 1 N–H and O–H groups in total. The molecule has 45 heavy (non-hydrogen) atoms. The zero-order valence-electron chi connectivity index (χ0n) is 25.4. The standard InChI is InChI=1S/C35H34Cl2N4O4/c1-21-24(26-11-8-12-28(31(26)37)39-33(42)29-14-13-23(19-38-29)35(43-2)44-3)9-7-10-25(21)34-40-30-18-22(17-27(36)32(30)45-34)20-41-15-5-4-6-16-41/h7-14,17-19,35H,4-6,15-16,20H2,1-3H3,(H,39,42). The Morgan fingerprint density at radius 2 is 1.71 bits per heavy atom. The number of halogens is 2. The van der Waals surface area contributed by atoms with Crippen molar-refractivity contribution in [2.24, 2.45) is 0 Å². The normalized spacial score (nSPS) is 13.9. The Bertz CT molecular complexity index is 1830. The zero-order valence-corrected chi connectivity index (χ0v) is 26.9. The first-order chi connectivity index (χ1) is 21.9. The molecule has 0 saturated carbocycles. The summed E-state index contributed by atoms with van der Waals surface area (Å²) in [6.07, 6.45) is 4.75.